The van der Waals surface area contributed by atoms with E-state index < -0.39 is 0 Å². The average molecular weight is 625 g/mol. The number of ether oxygens (including phenoxy) is 2. The molecule has 46 heavy (non-hydrogen) atoms. The lowest BCUT2D eigenvalue weighted by Gasteiger charge is -2.36. The number of hydrogen-bond acceptors (Lipinski definition) is 5. The number of rotatable bonds is 10. The molecule has 0 aliphatic heterocycles. The Morgan fingerprint density at radius 1 is 0.913 bits per heavy atom. The van der Waals surface area contributed by atoms with Crippen LogP contribution >= 0.6 is 0 Å². The average Bonchev–Trinajstić information content (AvgIpc) is 4.03. The van der Waals surface area contributed by atoms with E-state index in [1.165, 1.54) is 24.0 Å². The van der Waals surface area contributed by atoms with Gasteiger partial charge in [-0.15, -0.1) is 0 Å². The molecule has 1 N–H and O–H groups in total. The first-order chi connectivity index (χ1) is 22.4. The highest BCUT2D eigenvalue weighted by molar-refractivity contribution is 5.95. The van der Waals surface area contributed by atoms with Gasteiger partial charge in [-0.2, -0.15) is 5.10 Å². The first-order valence-corrected chi connectivity index (χ1v) is 17.5. The van der Waals surface area contributed by atoms with Crippen LogP contribution in [0.15, 0.2) is 54.9 Å². The zero-order valence-electron chi connectivity index (χ0n) is 27.3. The molecule has 4 aliphatic carbocycles. The Morgan fingerprint density at radius 2 is 1.70 bits per heavy atom. The minimum Gasteiger partial charge on any atom is -0.496 e. The van der Waals surface area contributed by atoms with Crippen LogP contribution in [-0.2, 0) is 9.53 Å². The highest BCUT2D eigenvalue weighted by Gasteiger charge is 2.34. The summed E-state index contributed by atoms with van der Waals surface area (Å²) in [5.41, 5.74) is 5.74. The molecule has 7 rings (SSSR count). The molecule has 0 bridgehead atoms. The van der Waals surface area contributed by atoms with Gasteiger partial charge in [-0.3, -0.25) is 9.48 Å². The number of amides is 2. The minimum absolute atomic E-state index is 0.0637. The maximum absolute atomic E-state index is 14.4. The molecule has 8 nitrogen and oxygen atoms in total. The van der Waals surface area contributed by atoms with Crippen LogP contribution in [0.5, 0.6) is 5.75 Å². The number of carbonyl (C=O) groups is 2. The number of methoxy groups -OCH3 is 1. The number of aryl methyl sites for hydroxylation is 1. The molecule has 3 aromatic rings. The number of nitrogens with zero attached hydrogens (tertiary/aromatic N) is 3. The first-order valence-electron chi connectivity index (χ1n) is 17.5. The molecule has 0 saturated heterocycles. The number of aromatic nitrogens is 2. The molecule has 2 amide bonds. The van der Waals surface area contributed by atoms with Gasteiger partial charge in [0, 0.05) is 36.0 Å². The summed E-state index contributed by atoms with van der Waals surface area (Å²) in [6, 6.07) is 15.9. The predicted molar refractivity (Wildman–Crippen MR) is 179 cm³/mol. The molecule has 4 saturated carbocycles. The van der Waals surface area contributed by atoms with Crippen LogP contribution in [-0.4, -0.2) is 47.6 Å². The number of benzene rings is 2. The third kappa shape index (κ3) is 7.26. The van der Waals surface area contributed by atoms with E-state index in [-0.39, 0.29) is 30.1 Å². The van der Waals surface area contributed by atoms with E-state index in [0.717, 1.165) is 93.3 Å². The number of hydrogen-bond donors (Lipinski definition) is 1. The van der Waals surface area contributed by atoms with E-state index in [4.69, 9.17) is 9.47 Å². The van der Waals surface area contributed by atoms with Crippen LogP contribution in [0.2, 0.25) is 0 Å². The van der Waals surface area contributed by atoms with Crippen molar-refractivity contribution >= 4 is 17.7 Å². The summed E-state index contributed by atoms with van der Waals surface area (Å²) < 4.78 is 13.3. The summed E-state index contributed by atoms with van der Waals surface area (Å²) in [5, 5.41) is 7.54. The summed E-state index contributed by atoms with van der Waals surface area (Å²) >= 11 is 0. The molecule has 4 fully saturated rings. The van der Waals surface area contributed by atoms with Crippen molar-refractivity contribution in [1.29, 1.82) is 0 Å². The topological polar surface area (TPSA) is 85.7 Å². The number of carbonyl (C=O) groups excluding carboxylic acids is 2. The van der Waals surface area contributed by atoms with E-state index >= 15 is 0 Å². The lowest BCUT2D eigenvalue weighted by molar-refractivity contribution is -0.124. The summed E-state index contributed by atoms with van der Waals surface area (Å²) in [6.45, 7) is 2.85. The molecule has 0 unspecified atom stereocenters. The van der Waals surface area contributed by atoms with Crippen LogP contribution in [0.1, 0.15) is 100 Å². The standard InChI is InChI=1S/C38H48N4O4/c1-25-20-30(12-19-36(25)45-2)27-8-6-26(7-9-27)23-41(34-5-3-4-29(21-34)31-22-39-42(24-31)33-15-16-33)37(43)28-10-17-35(18-11-28)46-38(44)40-32-13-14-32/h3-5,12,19-22,24,26-28,32-33,35H,6-11,13-18,23H2,1-2H3,(H,40,44)/t26-,27-,28-,35-. The fourth-order valence-corrected chi connectivity index (χ4v) is 7.52. The van der Waals surface area contributed by atoms with E-state index in [2.05, 4.69) is 75.6 Å². The SMILES string of the molecule is COc1ccc([C@H]2CC[C@H](CN(c3cccc(-c4cnn(C5CC5)c4)c3)C(=O)[C@H]3CC[C@H](OC(=O)NC4CC4)CC3)CC2)cc1C. The summed E-state index contributed by atoms with van der Waals surface area (Å²) in [4.78, 5) is 28.7. The van der Waals surface area contributed by atoms with Gasteiger partial charge in [0.1, 0.15) is 11.9 Å². The van der Waals surface area contributed by atoms with Crippen molar-refractivity contribution in [3.8, 4) is 16.9 Å². The van der Waals surface area contributed by atoms with Gasteiger partial charge < -0.3 is 19.7 Å². The van der Waals surface area contributed by atoms with E-state index in [9.17, 15) is 9.59 Å². The van der Waals surface area contributed by atoms with Crippen molar-refractivity contribution < 1.29 is 19.1 Å². The van der Waals surface area contributed by atoms with Gasteiger partial charge in [0.05, 0.1) is 19.3 Å². The van der Waals surface area contributed by atoms with E-state index in [1.807, 2.05) is 6.20 Å². The second-order valence-electron chi connectivity index (χ2n) is 14.2. The Balaban J connectivity index is 1.04. The lowest BCUT2D eigenvalue weighted by atomic mass is 9.78. The van der Waals surface area contributed by atoms with E-state index in [0.29, 0.717) is 17.9 Å². The Bertz CT molecular complexity index is 1530. The third-order valence-electron chi connectivity index (χ3n) is 10.7. The predicted octanol–water partition coefficient (Wildman–Crippen LogP) is 7.96. The molecule has 244 valence electrons. The third-order valence-corrected chi connectivity index (χ3v) is 10.7. The zero-order chi connectivity index (χ0) is 31.6. The van der Waals surface area contributed by atoms with Gasteiger partial charge in [-0.05, 0) is 131 Å². The van der Waals surface area contributed by atoms with Crippen molar-refractivity contribution in [2.24, 2.45) is 11.8 Å². The van der Waals surface area contributed by atoms with Gasteiger partial charge in [-0.1, -0.05) is 24.3 Å². The summed E-state index contributed by atoms with van der Waals surface area (Å²) in [6.07, 6.45) is 15.6. The van der Waals surface area contributed by atoms with Gasteiger partial charge in [0.2, 0.25) is 5.91 Å². The molecule has 8 heteroatoms. The smallest absolute Gasteiger partial charge is 0.407 e. The van der Waals surface area contributed by atoms with E-state index in [1.54, 1.807) is 7.11 Å². The normalized spacial score (nSPS) is 24.7. The Hall–Kier alpha value is -3.81. The second kappa shape index (κ2) is 13.5. The van der Waals surface area contributed by atoms with Gasteiger partial charge in [0.25, 0.3) is 0 Å². The van der Waals surface area contributed by atoms with Crippen molar-refractivity contribution in [3.05, 3.63) is 66.0 Å². The van der Waals surface area contributed by atoms with Crippen LogP contribution in [0.25, 0.3) is 11.1 Å². The summed E-state index contributed by atoms with van der Waals surface area (Å²) in [5.74, 6) is 2.08. The molecule has 0 atom stereocenters. The largest absolute Gasteiger partial charge is 0.496 e. The summed E-state index contributed by atoms with van der Waals surface area (Å²) in [7, 11) is 1.73. The quantitative estimate of drug-likeness (QED) is 0.247. The number of anilines is 1. The Kier molecular flexibility index (Phi) is 9.05. The van der Waals surface area contributed by atoms with Crippen LogP contribution in [0.3, 0.4) is 0 Å². The fraction of sp³-hybridized carbons (Fsp3) is 0.553. The van der Waals surface area contributed by atoms with Crippen molar-refractivity contribution in [2.75, 3.05) is 18.6 Å². The number of nitrogens with one attached hydrogen (secondary N) is 1. The number of alkyl carbamates (subject to hydrolysis) is 1. The van der Waals surface area contributed by atoms with Gasteiger partial charge in [0.15, 0.2) is 0 Å². The fourth-order valence-electron chi connectivity index (χ4n) is 7.52. The zero-order valence-corrected chi connectivity index (χ0v) is 27.3. The molecule has 1 aromatic heterocycles. The van der Waals surface area contributed by atoms with Crippen LogP contribution in [0.4, 0.5) is 10.5 Å². The van der Waals surface area contributed by atoms with Crippen molar-refractivity contribution in [3.63, 3.8) is 0 Å². The molecule has 1 heterocycles. The lowest BCUT2D eigenvalue weighted by Crippen LogP contribution is -2.42. The maximum atomic E-state index is 14.4. The van der Waals surface area contributed by atoms with Gasteiger partial charge >= 0.3 is 6.09 Å². The highest BCUT2D eigenvalue weighted by atomic mass is 16.6. The molecule has 4 aliphatic rings. The second-order valence-corrected chi connectivity index (χ2v) is 14.2. The van der Waals surface area contributed by atoms with Crippen LogP contribution < -0.4 is 15.0 Å². The van der Waals surface area contributed by atoms with Crippen molar-refractivity contribution in [1.82, 2.24) is 15.1 Å². The molecular weight excluding hydrogens is 576 g/mol. The molecular formula is C38H48N4O4. The van der Waals surface area contributed by atoms with Crippen LogP contribution in [0, 0.1) is 18.8 Å². The minimum atomic E-state index is -0.305. The monoisotopic (exact) mass is 624 g/mol. The van der Waals surface area contributed by atoms with Gasteiger partial charge in [-0.25, -0.2) is 4.79 Å². The molecule has 0 spiro atoms. The highest BCUT2D eigenvalue weighted by Crippen LogP contribution is 2.40. The molecule has 2 aromatic carbocycles. The molecule has 0 radical (unpaired) electrons. The van der Waals surface area contributed by atoms with Crippen molar-refractivity contribution in [2.45, 2.75) is 108 Å². The Morgan fingerprint density at radius 3 is 2.39 bits per heavy atom. The first kappa shape index (κ1) is 30.8. The maximum Gasteiger partial charge on any atom is 0.407 e. The Labute approximate surface area is 272 Å².